The van der Waals surface area contributed by atoms with E-state index in [0.717, 1.165) is 46.0 Å². The van der Waals surface area contributed by atoms with E-state index in [1.54, 1.807) is 18.2 Å². The molecule has 2 heterocycles. The van der Waals surface area contributed by atoms with Crippen LogP contribution in [0.25, 0.3) is 0 Å². The van der Waals surface area contributed by atoms with Crippen molar-refractivity contribution in [2.45, 2.75) is 31.4 Å². The fourth-order valence-corrected chi connectivity index (χ4v) is 5.56. The van der Waals surface area contributed by atoms with Crippen LogP contribution < -0.4 is 11.1 Å². The van der Waals surface area contributed by atoms with Crippen LogP contribution in [-0.2, 0) is 19.1 Å². The minimum Gasteiger partial charge on any atom is -0.469 e. The fourth-order valence-electron chi connectivity index (χ4n) is 4.24. The third kappa shape index (κ3) is 4.56. The SMILES string of the molecule is COC(=O)C[C@@H]1SC2=C(C(=O)Nc3ccc(C)c(C)c3)[C@@H](c3c(F)cccc3F)C(C#N)=C(N)N2C1=O. The number of benzene rings is 2. The number of methoxy groups -OCH3 is 1. The molecule has 4 rings (SSSR count). The van der Waals surface area contributed by atoms with Gasteiger partial charge < -0.3 is 15.8 Å². The molecule has 190 valence electrons. The molecule has 1 fully saturated rings. The average molecular weight is 525 g/mol. The minimum atomic E-state index is -1.54. The van der Waals surface area contributed by atoms with Gasteiger partial charge in [0.1, 0.15) is 22.7 Å². The van der Waals surface area contributed by atoms with Crippen LogP contribution in [0, 0.1) is 36.8 Å². The lowest BCUT2D eigenvalue weighted by atomic mass is 9.82. The number of amides is 2. The smallest absolute Gasteiger partial charge is 0.307 e. The fraction of sp³-hybridized carbons (Fsp3) is 0.231. The minimum absolute atomic E-state index is 0.00982. The standard InChI is InChI=1S/C26H22F2N4O4S/c1-12-7-8-14(9-13(12)2)31-24(34)22-20(21-16(27)5-4-6-17(21)28)15(11-29)23(30)32-25(35)18(37-26(22)32)10-19(33)36-3/h4-9,18,20H,10,30H2,1-3H3,(H,31,34)/t18-,20+/m0/s1. The Bertz CT molecular complexity index is 1430. The number of nitriles is 1. The van der Waals surface area contributed by atoms with Gasteiger partial charge in [0.25, 0.3) is 5.91 Å². The molecule has 2 atom stereocenters. The van der Waals surface area contributed by atoms with Crippen LogP contribution in [0.5, 0.6) is 0 Å². The van der Waals surface area contributed by atoms with Gasteiger partial charge in [-0.2, -0.15) is 5.26 Å². The van der Waals surface area contributed by atoms with E-state index in [4.69, 9.17) is 5.73 Å². The van der Waals surface area contributed by atoms with Crippen molar-refractivity contribution in [1.82, 2.24) is 4.90 Å². The zero-order chi connectivity index (χ0) is 27.0. The molecule has 0 bridgehead atoms. The normalized spacial score (nSPS) is 19.0. The molecule has 0 unspecified atom stereocenters. The highest BCUT2D eigenvalue weighted by molar-refractivity contribution is 8.04. The highest BCUT2D eigenvalue weighted by atomic mass is 32.2. The Morgan fingerprint density at radius 3 is 2.46 bits per heavy atom. The Balaban J connectivity index is 1.92. The third-order valence-electron chi connectivity index (χ3n) is 6.28. The van der Waals surface area contributed by atoms with Crippen molar-refractivity contribution in [2.24, 2.45) is 5.73 Å². The van der Waals surface area contributed by atoms with Gasteiger partial charge in [0.05, 0.1) is 41.7 Å². The highest BCUT2D eigenvalue weighted by Crippen LogP contribution is 2.50. The number of allylic oxidation sites excluding steroid dienone is 1. The maximum Gasteiger partial charge on any atom is 0.307 e. The first kappa shape index (κ1) is 25.9. The molecule has 1 saturated heterocycles. The molecule has 2 aromatic carbocycles. The second-order valence-corrected chi connectivity index (χ2v) is 9.70. The number of nitrogens with zero attached hydrogens (tertiary/aromatic N) is 2. The number of halogens is 2. The number of carbonyl (C=O) groups excluding carboxylic acids is 3. The number of hydrogen-bond donors (Lipinski definition) is 2. The molecular formula is C26H22F2N4O4S. The summed E-state index contributed by atoms with van der Waals surface area (Å²) >= 11 is 0.851. The topological polar surface area (TPSA) is 126 Å². The van der Waals surface area contributed by atoms with Crippen LogP contribution in [-0.4, -0.2) is 35.0 Å². The molecule has 3 N–H and O–H groups in total. The molecule has 2 aromatic rings. The summed E-state index contributed by atoms with van der Waals surface area (Å²) < 4.78 is 34.7. The summed E-state index contributed by atoms with van der Waals surface area (Å²) in [4.78, 5) is 39.8. The van der Waals surface area contributed by atoms with Gasteiger partial charge in [-0.15, -0.1) is 0 Å². The average Bonchev–Trinajstić information content (AvgIpc) is 3.17. The maximum absolute atomic E-state index is 15.0. The van der Waals surface area contributed by atoms with E-state index in [-0.39, 0.29) is 28.4 Å². The molecule has 0 aliphatic carbocycles. The number of rotatable bonds is 5. The monoisotopic (exact) mass is 524 g/mol. The summed E-state index contributed by atoms with van der Waals surface area (Å²) in [7, 11) is 1.17. The van der Waals surface area contributed by atoms with Gasteiger partial charge in [-0.25, -0.2) is 8.78 Å². The predicted molar refractivity (Wildman–Crippen MR) is 132 cm³/mol. The van der Waals surface area contributed by atoms with Gasteiger partial charge in [-0.05, 0) is 49.2 Å². The van der Waals surface area contributed by atoms with Gasteiger partial charge in [-0.3, -0.25) is 19.3 Å². The van der Waals surface area contributed by atoms with Crippen LogP contribution in [0.3, 0.4) is 0 Å². The van der Waals surface area contributed by atoms with E-state index in [1.807, 2.05) is 19.9 Å². The first-order chi connectivity index (χ1) is 17.6. The summed E-state index contributed by atoms with van der Waals surface area (Å²) in [6.45, 7) is 3.75. The number of esters is 1. The Kier molecular flexibility index (Phi) is 7.05. The molecule has 8 nitrogen and oxygen atoms in total. The molecule has 2 amide bonds. The maximum atomic E-state index is 15.0. The summed E-state index contributed by atoms with van der Waals surface area (Å²) in [5.74, 6) is -5.99. The largest absolute Gasteiger partial charge is 0.469 e. The molecule has 0 spiro atoms. The number of nitrogens with two attached hydrogens (primary N) is 1. The molecule has 0 aromatic heterocycles. The Morgan fingerprint density at radius 1 is 1.19 bits per heavy atom. The zero-order valence-corrected chi connectivity index (χ0v) is 20.9. The summed E-state index contributed by atoms with van der Waals surface area (Å²) in [6, 6.07) is 10.2. The number of thioether (sulfide) groups is 1. The van der Waals surface area contributed by atoms with Gasteiger partial charge >= 0.3 is 5.97 Å². The van der Waals surface area contributed by atoms with Crippen LogP contribution in [0.2, 0.25) is 0 Å². The van der Waals surface area contributed by atoms with E-state index in [2.05, 4.69) is 10.1 Å². The Morgan fingerprint density at radius 2 is 1.86 bits per heavy atom. The summed E-state index contributed by atoms with van der Waals surface area (Å²) in [5, 5.41) is 11.7. The van der Waals surface area contributed by atoms with Crippen molar-refractivity contribution in [2.75, 3.05) is 12.4 Å². The molecular weight excluding hydrogens is 502 g/mol. The van der Waals surface area contributed by atoms with Gasteiger partial charge in [0, 0.05) is 11.3 Å². The highest BCUT2D eigenvalue weighted by Gasteiger charge is 2.49. The quantitative estimate of drug-likeness (QED) is 0.571. The first-order valence-corrected chi connectivity index (χ1v) is 12.0. The molecule has 2 aliphatic heterocycles. The molecule has 0 saturated carbocycles. The van der Waals surface area contributed by atoms with E-state index < -0.39 is 46.1 Å². The van der Waals surface area contributed by atoms with E-state index in [9.17, 15) is 19.6 Å². The van der Waals surface area contributed by atoms with Crippen molar-refractivity contribution >= 4 is 35.2 Å². The van der Waals surface area contributed by atoms with Gasteiger partial charge in [-0.1, -0.05) is 23.9 Å². The lowest BCUT2D eigenvalue weighted by molar-refractivity contribution is -0.142. The Labute approximate surface area is 215 Å². The number of hydrogen-bond acceptors (Lipinski definition) is 7. The predicted octanol–water partition coefficient (Wildman–Crippen LogP) is 3.73. The number of nitrogens with one attached hydrogen (secondary N) is 1. The number of carbonyl (C=O) groups is 3. The van der Waals surface area contributed by atoms with Gasteiger partial charge in [0.15, 0.2) is 0 Å². The number of ether oxygens (including phenoxy) is 1. The van der Waals surface area contributed by atoms with Crippen LogP contribution in [0.4, 0.5) is 14.5 Å². The van der Waals surface area contributed by atoms with Crippen LogP contribution in [0.15, 0.2) is 58.4 Å². The third-order valence-corrected chi connectivity index (χ3v) is 7.55. The second kappa shape index (κ2) is 10.1. The molecule has 37 heavy (non-hydrogen) atoms. The number of fused-ring (bicyclic) bond motifs is 1. The Hall–Kier alpha value is -4.17. The van der Waals surface area contributed by atoms with E-state index in [1.165, 1.54) is 7.11 Å². The van der Waals surface area contributed by atoms with Crippen LogP contribution in [0.1, 0.15) is 29.0 Å². The van der Waals surface area contributed by atoms with Crippen molar-refractivity contribution in [3.63, 3.8) is 0 Å². The number of aryl methyl sites for hydroxylation is 2. The van der Waals surface area contributed by atoms with Crippen molar-refractivity contribution < 1.29 is 27.9 Å². The van der Waals surface area contributed by atoms with E-state index in [0.29, 0.717) is 5.69 Å². The van der Waals surface area contributed by atoms with Crippen molar-refractivity contribution in [3.8, 4) is 6.07 Å². The lowest BCUT2D eigenvalue weighted by Crippen LogP contribution is -2.39. The molecule has 11 heteroatoms. The lowest BCUT2D eigenvalue weighted by Gasteiger charge is -2.32. The number of anilines is 1. The molecule has 0 radical (unpaired) electrons. The summed E-state index contributed by atoms with van der Waals surface area (Å²) in [6.07, 6.45) is -0.333. The summed E-state index contributed by atoms with van der Waals surface area (Å²) in [5.41, 5.74) is 7.32. The van der Waals surface area contributed by atoms with Crippen LogP contribution >= 0.6 is 11.8 Å². The zero-order valence-electron chi connectivity index (χ0n) is 20.1. The second-order valence-electron chi connectivity index (χ2n) is 8.51. The first-order valence-electron chi connectivity index (χ1n) is 11.1. The van der Waals surface area contributed by atoms with Gasteiger partial charge in [0.2, 0.25) is 5.91 Å². The van der Waals surface area contributed by atoms with Crippen molar-refractivity contribution in [3.05, 3.63) is 86.7 Å². The van der Waals surface area contributed by atoms with E-state index >= 15 is 8.78 Å². The molecule has 2 aliphatic rings. The van der Waals surface area contributed by atoms with Crippen molar-refractivity contribution in [1.29, 1.82) is 5.26 Å².